The Bertz CT molecular complexity index is 355. The number of methoxy groups -OCH3 is 1. The van der Waals surface area contributed by atoms with E-state index in [9.17, 15) is 14.4 Å². The minimum absolute atomic E-state index is 0.101. The van der Waals surface area contributed by atoms with Crippen LogP contribution in [-0.4, -0.2) is 36.6 Å². The van der Waals surface area contributed by atoms with Crippen molar-refractivity contribution < 1.29 is 24.2 Å². The number of carbonyl (C=O) groups is 3. The smallest absolute Gasteiger partial charge is 0.307 e. The second-order valence-corrected chi connectivity index (χ2v) is 4.91. The number of nitrogens with one attached hydrogen (secondary N) is 1. The predicted molar refractivity (Wildman–Crippen MR) is 67.3 cm³/mol. The van der Waals surface area contributed by atoms with Crippen molar-refractivity contribution in [3.8, 4) is 0 Å². The van der Waals surface area contributed by atoms with E-state index in [0.29, 0.717) is 12.8 Å². The Morgan fingerprint density at radius 3 is 2.42 bits per heavy atom. The molecular weight excluding hydrogens is 250 g/mol. The van der Waals surface area contributed by atoms with Gasteiger partial charge in [0.25, 0.3) is 0 Å². The monoisotopic (exact) mass is 271 g/mol. The van der Waals surface area contributed by atoms with Crippen molar-refractivity contribution in [3.63, 3.8) is 0 Å². The molecule has 0 spiro atoms. The van der Waals surface area contributed by atoms with Gasteiger partial charge in [-0.1, -0.05) is 13.3 Å². The van der Waals surface area contributed by atoms with Gasteiger partial charge in [0, 0.05) is 6.54 Å². The summed E-state index contributed by atoms with van der Waals surface area (Å²) in [5, 5.41) is 11.8. The molecule has 0 aromatic rings. The van der Waals surface area contributed by atoms with Gasteiger partial charge < -0.3 is 15.2 Å². The van der Waals surface area contributed by atoms with Gasteiger partial charge in [-0.2, -0.15) is 0 Å². The van der Waals surface area contributed by atoms with Crippen molar-refractivity contribution in [1.82, 2.24) is 5.32 Å². The first-order valence-corrected chi connectivity index (χ1v) is 6.56. The molecule has 0 aliphatic heterocycles. The number of amides is 1. The van der Waals surface area contributed by atoms with E-state index in [1.54, 1.807) is 0 Å². The fraction of sp³-hybridized carbons (Fsp3) is 0.769. The topological polar surface area (TPSA) is 92.7 Å². The number of esters is 1. The Morgan fingerprint density at radius 1 is 1.26 bits per heavy atom. The van der Waals surface area contributed by atoms with Crippen molar-refractivity contribution in [2.45, 2.75) is 32.6 Å². The molecule has 1 fully saturated rings. The van der Waals surface area contributed by atoms with E-state index in [1.807, 2.05) is 6.92 Å². The lowest BCUT2D eigenvalue weighted by atomic mass is 9.95. The van der Waals surface area contributed by atoms with Crippen LogP contribution in [0.15, 0.2) is 0 Å². The molecule has 108 valence electrons. The summed E-state index contributed by atoms with van der Waals surface area (Å²) in [6.45, 7) is 2.19. The minimum Gasteiger partial charge on any atom is -0.481 e. The maximum Gasteiger partial charge on any atom is 0.307 e. The van der Waals surface area contributed by atoms with E-state index in [2.05, 4.69) is 10.1 Å². The molecule has 0 heterocycles. The molecule has 0 aromatic carbocycles. The Hall–Kier alpha value is -1.59. The number of rotatable bonds is 6. The van der Waals surface area contributed by atoms with Crippen LogP contribution in [-0.2, 0) is 19.1 Å². The first-order chi connectivity index (χ1) is 8.99. The molecule has 0 radical (unpaired) electrons. The van der Waals surface area contributed by atoms with E-state index in [0.717, 1.165) is 6.42 Å². The highest BCUT2D eigenvalue weighted by atomic mass is 16.5. The average molecular weight is 271 g/mol. The number of carboxylic acid groups (broad SMARTS) is 1. The van der Waals surface area contributed by atoms with Gasteiger partial charge in [-0.3, -0.25) is 14.4 Å². The van der Waals surface area contributed by atoms with Gasteiger partial charge in [0.05, 0.1) is 25.4 Å². The maximum atomic E-state index is 12.0. The van der Waals surface area contributed by atoms with Crippen LogP contribution in [0, 0.1) is 17.8 Å². The number of aliphatic carboxylic acids is 1. The van der Waals surface area contributed by atoms with Crippen molar-refractivity contribution >= 4 is 17.8 Å². The molecule has 0 bridgehead atoms. The van der Waals surface area contributed by atoms with E-state index in [-0.39, 0.29) is 24.8 Å². The Morgan fingerprint density at radius 2 is 1.89 bits per heavy atom. The highest BCUT2D eigenvalue weighted by Gasteiger charge is 2.41. The van der Waals surface area contributed by atoms with Crippen molar-refractivity contribution in [3.05, 3.63) is 0 Å². The summed E-state index contributed by atoms with van der Waals surface area (Å²) in [6.07, 6.45) is 2.15. The number of carboxylic acids is 1. The Labute approximate surface area is 112 Å². The predicted octanol–water partition coefficient (Wildman–Crippen LogP) is 0.803. The molecule has 3 atom stereocenters. The van der Waals surface area contributed by atoms with Crippen molar-refractivity contribution in [2.24, 2.45) is 17.8 Å². The van der Waals surface area contributed by atoms with E-state index in [4.69, 9.17) is 5.11 Å². The number of hydrogen-bond donors (Lipinski definition) is 2. The minimum atomic E-state index is -0.913. The second-order valence-electron chi connectivity index (χ2n) is 4.91. The van der Waals surface area contributed by atoms with E-state index < -0.39 is 23.8 Å². The Balaban J connectivity index is 2.49. The summed E-state index contributed by atoms with van der Waals surface area (Å²) in [7, 11) is 1.29. The molecule has 1 amide bonds. The zero-order valence-corrected chi connectivity index (χ0v) is 11.3. The van der Waals surface area contributed by atoms with Crippen LogP contribution in [0.25, 0.3) is 0 Å². The third kappa shape index (κ3) is 4.22. The van der Waals surface area contributed by atoms with Crippen LogP contribution < -0.4 is 5.32 Å². The molecule has 1 aliphatic rings. The van der Waals surface area contributed by atoms with Crippen LogP contribution >= 0.6 is 0 Å². The highest BCUT2D eigenvalue weighted by molar-refractivity contribution is 5.85. The summed E-state index contributed by atoms with van der Waals surface area (Å²) in [4.78, 5) is 34.0. The molecule has 6 heteroatoms. The first-order valence-electron chi connectivity index (χ1n) is 6.56. The molecule has 6 nitrogen and oxygen atoms in total. The molecule has 3 unspecified atom stereocenters. The van der Waals surface area contributed by atoms with Gasteiger partial charge in [-0.05, 0) is 18.8 Å². The third-order valence-electron chi connectivity index (χ3n) is 3.75. The summed E-state index contributed by atoms with van der Waals surface area (Å²) >= 11 is 0. The molecule has 19 heavy (non-hydrogen) atoms. The summed E-state index contributed by atoms with van der Waals surface area (Å²) in [5.74, 6) is -2.38. The third-order valence-corrected chi connectivity index (χ3v) is 3.75. The number of carbonyl (C=O) groups excluding carboxylic acids is 2. The Kier molecular flexibility index (Phi) is 5.79. The molecule has 1 rings (SSSR count). The molecule has 2 N–H and O–H groups in total. The van der Waals surface area contributed by atoms with Crippen molar-refractivity contribution in [2.75, 3.05) is 13.7 Å². The van der Waals surface area contributed by atoms with Crippen LogP contribution in [0.4, 0.5) is 0 Å². The lowest BCUT2D eigenvalue weighted by Gasteiger charge is -2.15. The SMILES string of the molecule is CCC1CC(C(=O)O)C(C(=O)NCCC(=O)OC)C1. The fourth-order valence-corrected chi connectivity index (χ4v) is 2.56. The molecule has 1 saturated carbocycles. The largest absolute Gasteiger partial charge is 0.481 e. The average Bonchev–Trinajstić information content (AvgIpc) is 2.82. The molecule has 0 saturated heterocycles. The lowest BCUT2D eigenvalue weighted by Crippen LogP contribution is -2.36. The molecule has 0 aromatic heterocycles. The zero-order chi connectivity index (χ0) is 14.4. The van der Waals surface area contributed by atoms with Gasteiger partial charge in [0.1, 0.15) is 0 Å². The standard InChI is InChI=1S/C13H21NO5/c1-3-8-6-9(10(7-8)13(17)18)12(16)14-5-4-11(15)19-2/h8-10H,3-7H2,1-2H3,(H,14,16)(H,17,18). The quantitative estimate of drug-likeness (QED) is 0.697. The number of ether oxygens (including phenoxy) is 1. The van der Waals surface area contributed by atoms with E-state index >= 15 is 0 Å². The van der Waals surface area contributed by atoms with Gasteiger partial charge >= 0.3 is 11.9 Å². The zero-order valence-electron chi connectivity index (χ0n) is 11.3. The fourth-order valence-electron chi connectivity index (χ4n) is 2.56. The highest BCUT2D eigenvalue weighted by Crippen LogP contribution is 2.38. The van der Waals surface area contributed by atoms with Gasteiger partial charge in [0.15, 0.2) is 0 Å². The lowest BCUT2D eigenvalue weighted by molar-refractivity contribution is -0.146. The summed E-state index contributed by atoms with van der Waals surface area (Å²) < 4.78 is 4.47. The van der Waals surface area contributed by atoms with Gasteiger partial charge in [-0.15, -0.1) is 0 Å². The number of hydrogen-bond acceptors (Lipinski definition) is 4. The van der Waals surface area contributed by atoms with Crippen LogP contribution in [0.5, 0.6) is 0 Å². The molecule has 1 aliphatic carbocycles. The van der Waals surface area contributed by atoms with Crippen LogP contribution in [0.1, 0.15) is 32.6 Å². The van der Waals surface area contributed by atoms with E-state index in [1.165, 1.54) is 7.11 Å². The summed E-state index contributed by atoms with van der Waals surface area (Å²) in [6, 6.07) is 0. The normalized spacial score (nSPS) is 25.9. The second kappa shape index (κ2) is 7.11. The molecular formula is C13H21NO5. The van der Waals surface area contributed by atoms with Gasteiger partial charge in [0.2, 0.25) is 5.91 Å². The summed E-state index contributed by atoms with van der Waals surface area (Å²) in [5.41, 5.74) is 0. The maximum absolute atomic E-state index is 12.0. The first kappa shape index (κ1) is 15.5. The van der Waals surface area contributed by atoms with Crippen LogP contribution in [0.3, 0.4) is 0 Å². The van der Waals surface area contributed by atoms with Crippen molar-refractivity contribution in [1.29, 1.82) is 0 Å². The van der Waals surface area contributed by atoms with Crippen LogP contribution in [0.2, 0.25) is 0 Å². The van der Waals surface area contributed by atoms with Gasteiger partial charge in [-0.25, -0.2) is 0 Å².